The highest BCUT2D eigenvalue weighted by Gasteiger charge is 2.38. The van der Waals surface area contributed by atoms with E-state index in [2.05, 4.69) is 0 Å². The van der Waals surface area contributed by atoms with Crippen molar-refractivity contribution in [3.05, 3.63) is 34.9 Å². The van der Waals surface area contributed by atoms with Crippen LogP contribution in [0, 0.1) is 0 Å². The van der Waals surface area contributed by atoms with Gasteiger partial charge in [-0.3, -0.25) is 4.79 Å². The highest BCUT2D eigenvalue weighted by Crippen LogP contribution is 2.36. The summed E-state index contributed by atoms with van der Waals surface area (Å²) in [6.07, 6.45) is -9.87. The normalized spacial score (nSPS) is 15.6. The van der Waals surface area contributed by atoms with Gasteiger partial charge >= 0.3 is 12.4 Å². The van der Waals surface area contributed by atoms with E-state index in [9.17, 15) is 31.1 Å². The molecule has 1 heterocycles. The summed E-state index contributed by atoms with van der Waals surface area (Å²) in [5, 5.41) is 0. The quantitative estimate of drug-likeness (QED) is 0.572. The van der Waals surface area contributed by atoms with E-state index >= 15 is 0 Å². The van der Waals surface area contributed by atoms with Gasteiger partial charge in [0.15, 0.2) is 0 Å². The molecule has 0 saturated carbocycles. The van der Waals surface area contributed by atoms with E-state index in [0.29, 0.717) is 25.2 Å². The predicted molar refractivity (Wildman–Crippen MR) is 52.3 cm³/mol. The predicted octanol–water partition coefficient (Wildman–Crippen LogP) is 3.18. The monoisotopic (exact) mass is 283 g/mol. The minimum absolute atomic E-state index is 0.000981. The first-order valence-corrected chi connectivity index (χ1v) is 5.18. The second kappa shape index (κ2) is 4.14. The van der Waals surface area contributed by atoms with Crippen LogP contribution in [0.2, 0.25) is 0 Å². The molecular weight excluding hydrogens is 276 g/mol. The van der Waals surface area contributed by atoms with Crippen LogP contribution < -0.4 is 0 Å². The summed E-state index contributed by atoms with van der Waals surface area (Å²) in [5.41, 5.74) is -3.56. The Kier molecular flexibility index (Phi) is 2.98. The maximum absolute atomic E-state index is 12.5. The van der Waals surface area contributed by atoms with Gasteiger partial charge in [-0.25, -0.2) is 0 Å². The molecule has 2 nitrogen and oxygen atoms in total. The third-order valence-corrected chi connectivity index (χ3v) is 2.57. The first-order valence-electron chi connectivity index (χ1n) is 5.18. The van der Waals surface area contributed by atoms with Crippen LogP contribution in [0.25, 0.3) is 0 Å². The van der Waals surface area contributed by atoms with Gasteiger partial charge in [-0.1, -0.05) is 0 Å². The second-order valence-corrected chi connectivity index (χ2v) is 4.09. The molecule has 1 aromatic carbocycles. The zero-order valence-electron chi connectivity index (χ0n) is 9.27. The summed E-state index contributed by atoms with van der Waals surface area (Å²) in [6, 6.07) is 0.880. The zero-order chi connectivity index (χ0) is 14.4. The van der Waals surface area contributed by atoms with Crippen molar-refractivity contribution in [2.24, 2.45) is 0 Å². The van der Waals surface area contributed by atoms with Crippen molar-refractivity contribution in [2.45, 2.75) is 12.4 Å². The van der Waals surface area contributed by atoms with Crippen molar-refractivity contribution >= 4 is 5.91 Å². The van der Waals surface area contributed by atoms with Gasteiger partial charge in [0.05, 0.1) is 11.1 Å². The van der Waals surface area contributed by atoms with Crippen LogP contribution in [0.3, 0.4) is 0 Å². The molecule has 1 amide bonds. The molecule has 1 saturated heterocycles. The van der Waals surface area contributed by atoms with Crippen molar-refractivity contribution in [1.29, 1.82) is 0 Å². The fourth-order valence-corrected chi connectivity index (χ4v) is 1.51. The van der Waals surface area contributed by atoms with Crippen LogP contribution in [0.1, 0.15) is 21.5 Å². The third-order valence-electron chi connectivity index (χ3n) is 2.57. The van der Waals surface area contributed by atoms with Crippen LogP contribution >= 0.6 is 0 Å². The van der Waals surface area contributed by atoms with Crippen molar-refractivity contribution in [3.8, 4) is 0 Å². The number of hydrogen-bond donors (Lipinski definition) is 0. The van der Waals surface area contributed by atoms with E-state index in [-0.39, 0.29) is 6.07 Å². The molecule has 0 bridgehead atoms. The molecular formula is C11H7F6NO. The molecule has 0 atom stereocenters. The van der Waals surface area contributed by atoms with Crippen LogP contribution in [0.5, 0.6) is 0 Å². The van der Waals surface area contributed by atoms with Gasteiger partial charge in [-0.15, -0.1) is 0 Å². The molecule has 0 spiro atoms. The van der Waals surface area contributed by atoms with Gasteiger partial charge < -0.3 is 4.90 Å². The highest BCUT2D eigenvalue weighted by atomic mass is 19.4. The summed E-state index contributed by atoms with van der Waals surface area (Å²) >= 11 is 0. The van der Waals surface area contributed by atoms with E-state index in [0.717, 1.165) is 4.90 Å². The lowest BCUT2D eigenvalue weighted by atomic mass is 10.0. The largest absolute Gasteiger partial charge is 0.416 e. The maximum Gasteiger partial charge on any atom is 0.416 e. The fourth-order valence-electron chi connectivity index (χ4n) is 1.51. The average Bonchev–Trinajstić information content (AvgIpc) is 3.09. The molecule has 1 aliphatic rings. The van der Waals surface area contributed by atoms with Gasteiger partial charge in [0, 0.05) is 18.7 Å². The Morgan fingerprint density at radius 2 is 1.32 bits per heavy atom. The van der Waals surface area contributed by atoms with Gasteiger partial charge in [0.25, 0.3) is 5.91 Å². The number of rotatable bonds is 1. The number of halogens is 6. The minimum atomic E-state index is -4.94. The van der Waals surface area contributed by atoms with Gasteiger partial charge in [-0.2, -0.15) is 26.3 Å². The van der Waals surface area contributed by atoms with Gasteiger partial charge in [-0.05, 0) is 18.2 Å². The average molecular weight is 283 g/mol. The summed E-state index contributed by atoms with van der Waals surface area (Å²) in [5.74, 6) is -0.823. The molecule has 0 radical (unpaired) electrons. The molecule has 0 N–H and O–H groups in total. The van der Waals surface area contributed by atoms with E-state index in [1.165, 1.54) is 0 Å². The van der Waals surface area contributed by atoms with Crippen LogP contribution in [0.15, 0.2) is 18.2 Å². The smallest absolute Gasteiger partial charge is 0.335 e. The molecule has 0 aromatic heterocycles. The fraction of sp³-hybridized carbons (Fsp3) is 0.364. The molecule has 1 aromatic rings. The number of nitrogens with zero attached hydrogens (tertiary/aromatic N) is 1. The molecule has 0 aliphatic carbocycles. The third kappa shape index (κ3) is 2.99. The second-order valence-electron chi connectivity index (χ2n) is 4.09. The van der Waals surface area contributed by atoms with Crippen molar-refractivity contribution in [2.75, 3.05) is 13.1 Å². The topological polar surface area (TPSA) is 20.1 Å². The maximum atomic E-state index is 12.5. The number of carbonyl (C=O) groups is 1. The zero-order valence-corrected chi connectivity index (χ0v) is 9.27. The van der Waals surface area contributed by atoms with Crippen LogP contribution in [-0.4, -0.2) is 23.9 Å². The van der Waals surface area contributed by atoms with E-state index in [1.54, 1.807) is 0 Å². The Labute approximate surface area is 103 Å². The standard InChI is InChI=1S/C11H7F6NO/c12-10(13,14)7-3-6(9(19)18-1-2-18)4-8(5-7)11(15,16)17/h3-5H,1-2H2. The Morgan fingerprint density at radius 1 is 0.895 bits per heavy atom. The Morgan fingerprint density at radius 3 is 1.63 bits per heavy atom. The number of carbonyl (C=O) groups excluding carboxylic acids is 1. The summed E-state index contributed by atoms with van der Waals surface area (Å²) in [4.78, 5) is 12.7. The summed E-state index contributed by atoms with van der Waals surface area (Å²) < 4.78 is 75.1. The van der Waals surface area contributed by atoms with Gasteiger partial charge in [0.2, 0.25) is 0 Å². The number of benzene rings is 1. The first-order chi connectivity index (χ1) is 8.59. The van der Waals surface area contributed by atoms with Crippen molar-refractivity contribution in [1.82, 2.24) is 4.90 Å². The molecule has 8 heteroatoms. The molecule has 19 heavy (non-hydrogen) atoms. The SMILES string of the molecule is O=C(c1cc(C(F)(F)F)cc(C(F)(F)F)c1)N1CC1. The first kappa shape index (κ1) is 13.7. The number of amides is 1. The Balaban J connectivity index is 2.51. The molecule has 104 valence electrons. The lowest BCUT2D eigenvalue weighted by Gasteiger charge is -2.13. The minimum Gasteiger partial charge on any atom is -0.335 e. The molecule has 1 aliphatic heterocycles. The number of hydrogen-bond acceptors (Lipinski definition) is 1. The summed E-state index contributed by atoms with van der Waals surface area (Å²) in [7, 11) is 0. The molecule has 2 rings (SSSR count). The number of alkyl halides is 6. The van der Waals surface area contributed by atoms with E-state index < -0.39 is 35.0 Å². The lowest BCUT2D eigenvalue weighted by molar-refractivity contribution is -0.143. The highest BCUT2D eigenvalue weighted by molar-refractivity contribution is 5.96. The summed E-state index contributed by atoms with van der Waals surface area (Å²) in [6.45, 7) is 0.687. The van der Waals surface area contributed by atoms with Crippen molar-refractivity contribution < 1.29 is 31.1 Å². The lowest BCUT2D eigenvalue weighted by Crippen LogP contribution is -2.16. The van der Waals surface area contributed by atoms with Crippen LogP contribution in [0.4, 0.5) is 26.3 Å². The van der Waals surface area contributed by atoms with Crippen molar-refractivity contribution in [3.63, 3.8) is 0 Å². The van der Waals surface area contributed by atoms with Gasteiger partial charge in [0.1, 0.15) is 0 Å². The van der Waals surface area contributed by atoms with E-state index in [1.807, 2.05) is 0 Å². The molecule has 0 unspecified atom stereocenters. The molecule has 1 fully saturated rings. The Bertz CT molecular complexity index is 483. The van der Waals surface area contributed by atoms with E-state index in [4.69, 9.17) is 0 Å². The van der Waals surface area contributed by atoms with Crippen LogP contribution in [-0.2, 0) is 12.4 Å². The Hall–Kier alpha value is -1.73.